The Bertz CT molecular complexity index is 494. The highest BCUT2D eigenvalue weighted by atomic mass is 32.2. The molecule has 0 heterocycles. The van der Waals surface area contributed by atoms with Gasteiger partial charge in [-0.05, 0) is 61.5 Å². The van der Waals surface area contributed by atoms with Crippen molar-refractivity contribution < 1.29 is 0 Å². The summed E-state index contributed by atoms with van der Waals surface area (Å²) in [6.07, 6.45) is 7.36. The Morgan fingerprint density at radius 2 is 1.62 bits per heavy atom. The molecule has 4 fully saturated rings. The van der Waals surface area contributed by atoms with Crippen molar-refractivity contribution in [1.82, 2.24) is 0 Å². The summed E-state index contributed by atoms with van der Waals surface area (Å²) in [5, 5.41) is 1.29. The van der Waals surface area contributed by atoms with Gasteiger partial charge in [0.25, 0.3) is 0 Å². The fraction of sp³-hybridized carbons (Fsp3) is 0.632. The van der Waals surface area contributed by atoms with Gasteiger partial charge in [0, 0.05) is 5.56 Å². The van der Waals surface area contributed by atoms with E-state index in [0.717, 1.165) is 29.4 Å². The van der Waals surface area contributed by atoms with Gasteiger partial charge in [0.2, 0.25) is 0 Å². The fourth-order valence-corrected chi connectivity index (χ4v) is 5.93. The molecule has 0 spiro atoms. The molecule has 0 radical (unpaired) electrons. The second-order valence-corrected chi connectivity index (χ2v) is 8.41. The van der Waals surface area contributed by atoms with Crippen LogP contribution in [-0.4, -0.2) is 16.8 Å². The first-order valence-corrected chi connectivity index (χ1v) is 9.58. The molecule has 0 amide bonds. The highest BCUT2D eigenvalue weighted by molar-refractivity contribution is 8.14. The van der Waals surface area contributed by atoms with Gasteiger partial charge in [-0.2, -0.15) is 0 Å². The van der Waals surface area contributed by atoms with E-state index in [1.165, 1.54) is 42.7 Å². The van der Waals surface area contributed by atoms with Crippen LogP contribution in [0.1, 0.15) is 44.6 Å². The maximum absolute atomic E-state index is 5.31. The summed E-state index contributed by atoms with van der Waals surface area (Å²) < 4.78 is 0. The predicted molar refractivity (Wildman–Crippen MR) is 91.9 cm³/mol. The van der Waals surface area contributed by atoms with Crippen molar-refractivity contribution in [2.45, 2.75) is 45.1 Å². The summed E-state index contributed by atoms with van der Waals surface area (Å²) in [6.45, 7) is 2.24. The van der Waals surface area contributed by atoms with Crippen molar-refractivity contribution in [3.05, 3.63) is 35.9 Å². The minimum atomic E-state index is 0.618. The van der Waals surface area contributed by atoms with Crippen molar-refractivity contribution in [2.24, 2.45) is 28.7 Å². The lowest BCUT2D eigenvalue weighted by molar-refractivity contribution is 0.00140. The van der Waals surface area contributed by atoms with E-state index in [0.29, 0.717) is 6.04 Å². The average Bonchev–Trinajstić information content (AvgIpc) is 2.50. The van der Waals surface area contributed by atoms with Crippen molar-refractivity contribution in [1.29, 1.82) is 0 Å². The first kappa shape index (κ1) is 13.9. The number of benzene rings is 1. The Balaban J connectivity index is 1.62. The number of nitrogens with zero attached hydrogens (tertiary/aromatic N) is 1. The smallest absolute Gasteiger partial charge is 0.0980 e. The number of hydrogen-bond acceptors (Lipinski definition) is 2. The molecular weight excluding hydrogens is 274 g/mol. The van der Waals surface area contributed by atoms with Gasteiger partial charge in [0.15, 0.2) is 0 Å². The van der Waals surface area contributed by atoms with E-state index in [-0.39, 0.29) is 0 Å². The van der Waals surface area contributed by atoms with Gasteiger partial charge in [0.1, 0.15) is 0 Å². The monoisotopic (exact) mass is 299 g/mol. The van der Waals surface area contributed by atoms with Gasteiger partial charge in [-0.1, -0.05) is 37.3 Å². The molecule has 0 aliphatic heterocycles. The van der Waals surface area contributed by atoms with Crippen LogP contribution in [-0.2, 0) is 0 Å². The van der Waals surface area contributed by atoms with Crippen LogP contribution in [0.15, 0.2) is 35.3 Å². The second-order valence-electron chi connectivity index (χ2n) is 7.15. The molecule has 0 N–H and O–H groups in total. The van der Waals surface area contributed by atoms with E-state index in [2.05, 4.69) is 37.3 Å². The Morgan fingerprint density at radius 3 is 2.19 bits per heavy atom. The lowest BCUT2D eigenvalue weighted by Crippen LogP contribution is -2.47. The molecule has 21 heavy (non-hydrogen) atoms. The maximum atomic E-state index is 5.31. The van der Waals surface area contributed by atoms with Crippen molar-refractivity contribution in [3.63, 3.8) is 0 Å². The summed E-state index contributed by atoms with van der Waals surface area (Å²) in [6, 6.07) is 11.4. The standard InChI is InChI=1S/C19H25NS/c1-2-21-19(15-6-4-3-5-7-15)20-18-16-9-13-8-14(11-16)12-17(18)10-13/h3-7,13-14,16-18H,2,8-12H2,1H3. The summed E-state index contributed by atoms with van der Waals surface area (Å²) in [5.74, 6) is 4.96. The lowest BCUT2D eigenvalue weighted by Gasteiger charge is -2.53. The third-order valence-corrected chi connectivity index (χ3v) is 6.65. The quantitative estimate of drug-likeness (QED) is 0.564. The fourth-order valence-electron chi connectivity index (χ4n) is 5.16. The van der Waals surface area contributed by atoms with Gasteiger partial charge < -0.3 is 0 Å². The molecule has 4 aliphatic rings. The third-order valence-electron chi connectivity index (χ3n) is 5.75. The van der Waals surface area contributed by atoms with E-state index >= 15 is 0 Å². The zero-order valence-electron chi connectivity index (χ0n) is 12.9. The molecule has 0 atom stereocenters. The van der Waals surface area contributed by atoms with E-state index in [9.17, 15) is 0 Å². The lowest BCUT2D eigenvalue weighted by atomic mass is 9.54. The molecule has 0 aromatic heterocycles. The highest BCUT2D eigenvalue weighted by Gasteiger charge is 2.48. The van der Waals surface area contributed by atoms with Crippen molar-refractivity contribution >= 4 is 16.8 Å². The van der Waals surface area contributed by atoms with Crippen LogP contribution in [0.5, 0.6) is 0 Å². The first-order valence-electron chi connectivity index (χ1n) is 8.59. The van der Waals surface area contributed by atoms with Crippen LogP contribution in [0.3, 0.4) is 0 Å². The molecule has 4 saturated carbocycles. The van der Waals surface area contributed by atoms with Gasteiger partial charge in [0.05, 0.1) is 11.1 Å². The minimum absolute atomic E-state index is 0.618. The van der Waals surface area contributed by atoms with E-state index in [1.807, 2.05) is 11.8 Å². The predicted octanol–water partition coefficient (Wildman–Crippen LogP) is 5.01. The molecule has 0 unspecified atom stereocenters. The van der Waals surface area contributed by atoms with Crippen LogP contribution in [0, 0.1) is 23.7 Å². The summed E-state index contributed by atoms with van der Waals surface area (Å²) >= 11 is 1.92. The number of thioether (sulfide) groups is 1. The van der Waals surface area contributed by atoms with E-state index in [1.54, 1.807) is 0 Å². The molecule has 112 valence electrons. The molecule has 5 rings (SSSR count). The van der Waals surface area contributed by atoms with E-state index < -0.39 is 0 Å². The number of rotatable bonds is 3. The van der Waals surface area contributed by atoms with Gasteiger partial charge in [-0.15, -0.1) is 11.8 Å². The zero-order chi connectivity index (χ0) is 14.2. The van der Waals surface area contributed by atoms with Crippen LogP contribution in [0.4, 0.5) is 0 Å². The Kier molecular flexibility index (Phi) is 3.83. The van der Waals surface area contributed by atoms with Gasteiger partial charge in [-0.3, -0.25) is 4.99 Å². The van der Waals surface area contributed by atoms with Crippen LogP contribution in [0.25, 0.3) is 0 Å². The van der Waals surface area contributed by atoms with Crippen LogP contribution < -0.4 is 0 Å². The molecule has 1 aromatic carbocycles. The number of aliphatic imine (C=N–C) groups is 1. The van der Waals surface area contributed by atoms with Gasteiger partial charge >= 0.3 is 0 Å². The maximum Gasteiger partial charge on any atom is 0.0980 e. The molecule has 1 nitrogen and oxygen atoms in total. The second kappa shape index (κ2) is 5.79. The topological polar surface area (TPSA) is 12.4 Å². The van der Waals surface area contributed by atoms with Gasteiger partial charge in [-0.25, -0.2) is 0 Å². The molecule has 4 aliphatic carbocycles. The first-order chi connectivity index (χ1) is 10.3. The Morgan fingerprint density at radius 1 is 1.00 bits per heavy atom. The van der Waals surface area contributed by atoms with Crippen molar-refractivity contribution in [2.75, 3.05) is 5.75 Å². The molecule has 4 bridgehead atoms. The highest BCUT2D eigenvalue weighted by Crippen LogP contribution is 2.54. The summed E-state index contributed by atoms with van der Waals surface area (Å²) in [5.41, 5.74) is 1.32. The summed E-state index contributed by atoms with van der Waals surface area (Å²) in [7, 11) is 0. The zero-order valence-corrected chi connectivity index (χ0v) is 13.7. The molecule has 1 aromatic rings. The normalized spacial score (nSPS) is 38.0. The number of hydrogen-bond donors (Lipinski definition) is 0. The minimum Gasteiger partial charge on any atom is -0.274 e. The van der Waals surface area contributed by atoms with Crippen LogP contribution in [0.2, 0.25) is 0 Å². The third kappa shape index (κ3) is 2.67. The average molecular weight is 299 g/mol. The Labute approximate surface area is 132 Å². The Hall–Kier alpha value is -0.760. The molecular formula is C19H25NS. The largest absolute Gasteiger partial charge is 0.274 e. The SMILES string of the molecule is CCSC(=NC1C2CC3CC(C2)CC1C3)c1ccccc1. The summed E-state index contributed by atoms with van der Waals surface area (Å²) in [4.78, 5) is 5.31. The molecule has 2 heteroatoms. The van der Waals surface area contributed by atoms with Crippen molar-refractivity contribution in [3.8, 4) is 0 Å². The van der Waals surface area contributed by atoms with Crippen LogP contribution >= 0.6 is 11.8 Å². The molecule has 0 saturated heterocycles. The van der Waals surface area contributed by atoms with E-state index in [4.69, 9.17) is 4.99 Å².